The molecule has 1 rings (SSSR count). The summed E-state index contributed by atoms with van der Waals surface area (Å²) >= 11 is 0. The van der Waals surface area contributed by atoms with Gasteiger partial charge in [-0.25, -0.2) is 8.42 Å². The third kappa shape index (κ3) is 8.14. The molecule has 0 bridgehead atoms. The van der Waals surface area contributed by atoms with Crippen LogP contribution in [0.5, 0.6) is 0 Å². The molecule has 1 fully saturated rings. The first kappa shape index (κ1) is 16.0. The van der Waals surface area contributed by atoms with Crippen LogP contribution in [0.25, 0.3) is 0 Å². The van der Waals surface area contributed by atoms with Crippen LogP contribution in [0.1, 0.15) is 12.8 Å². The highest BCUT2D eigenvalue weighted by atomic mass is 127. The Kier molecular flexibility index (Phi) is 7.29. The molecule has 0 aromatic heterocycles. The van der Waals surface area contributed by atoms with E-state index in [0.29, 0.717) is 12.5 Å². The van der Waals surface area contributed by atoms with Crippen LogP contribution in [0.4, 0.5) is 0 Å². The summed E-state index contributed by atoms with van der Waals surface area (Å²) in [5.74, 6) is 1.60. The minimum Gasteiger partial charge on any atom is -0.356 e. The predicted octanol–water partition coefficient (Wildman–Crippen LogP) is 0.224. The summed E-state index contributed by atoms with van der Waals surface area (Å²) < 4.78 is 21.8. The molecule has 0 spiro atoms. The van der Waals surface area contributed by atoms with Gasteiger partial charge in [0, 0.05) is 26.4 Å². The third-order valence-corrected chi connectivity index (χ3v) is 3.19. The van der Waals surface area contributed by atoms with Crippen LogP contribution in [0, 0.1) is 5.92 Å². The van der Waals surface area contributed by atoms with E-state index in [1.807, 2.05) is 0 Å². The summed E-state index contributed by atoms with van der Waals surface area (Å²) in [6.45, 7) is 1.34. The minimum atomic E-state index is -2.89. The molecular weight excluding hydrogens is 341 g/mol. The number of nitrogens with one attached hydrogen (secondary N) is 2. The van der Waals surface area contributed by atoms with Gasteiger partial charge in [0.25, 0.3) is 0 Å². The lowest BCUT2D eigenvalue weighted by molar-refractivity contribution is 0.600. The third-order valence-electron chi connectivity index (χ3n) is 2.24. The molecule has 0 heterocycles. The molecule has 0 radical (unpaired) electrons. The zero-order valence-electron chi connectivity index (χ0n) is 9.69. The van der Waals surface area contributed by atoms with Crippen molar-refractivity contribution in [1.82, 2.24) is 10.6 Å². The second-order valence-corrected chi connectivity index (χ2v) is 6.21. The molecule has 0 aliphatic heterocycles. The van der Waals surface area contributed by atoms with Crippen LogP contribution >= 0.6 is 24.0 Å². The Morgan fingerprint density at radius 3 is 2.44 bits per heavy atom. The molecule has 1 saturated carbocycles. The summed E-state index contributed by atoms with van der Waals surface area (Å²) in [4.78, 5) is 4.01. The molecule has 0 amide bonds. The van der Waals surface area contributed by atoms with Gasteiger partial charge in [0.05, 0.1) is 5.75 Å². The first-order valence-electron chi connectivity index (χ1n) is 5.13. The lowest BCUT2D eigenvalue weighted by atomic mass is 10.4. The molecule has 16 heavy (non-hydrogen) atoms. The van der Waals surface area contributed by atoms with Gasteiger partial charge < -0.3 is 10.6 Å². The SMILES string of the molecule is CN=C(NCCS(C)(=O)=O)NCC1CC1.I. The van der Waals surface area contributed by atoms with E-state index in [-0.39, 0.29) is 29.7 Å². The van der Waals surface area contributed by atoms with E-state index < -0.39 is 9.84 Å². The number of aliphatic imine (C=N–C) groups is 1. The van der Waals surface area contributed by atoms with Gasteiger partial charge >= 0.3 is 0 Å². The molecule has 96 valence electrons. The van der Waals surface area contributed by atoms with E-state index in [4.69, 9.17) is 0 Å². The van der Waals surface area contributed by atoms with E-state index in [0.717, 1.165) is 12.5 Å². The number of hydrogen-bond donors (Lipinski definition) is 2. The summed E-state index contributed by atoms with van der Waals surface area (Å²) in [6.07, 6.45) is 3.80. The second kappa shape index (κ2) is 7.31. The van der Waals surface area contributed by atoms with Crippen molar-refractivity contribution in [3.63, 3.8) is 0 Å². The summed E-state index contributed by atoms with van der Waals surface area (Å²) in [5, 5.41) is 6.13. The topological polar surface area (TPSA) is 70.6 Å². The molecule has 1 aliphatic rings. The van der Waals surface area contributed by atoms with E-state index in [1.54, 1.807) is 7.05 Å². The largest absolute Gasteiger partial charge is 0.356 e. The van der Waals surface area contributed by atoms with Crippen LogP contribution in [-0.2, 0) is 9.84 Å². The van der Waals surface area contributed by atoms with Gasteiger partial charge in [-0.2, -0.15) is 0 Å². The average Bonchev–Trinajstić information content (AvgIpc) is 2.92. The maximum atomic E-state index is 10.9. The monoisotopic (exact) mass is 361 g/mol. The molecule has 7 heteroatoms. The van der Waals surface area contributed by atoms with Crippen molar-refractivity contribution in [2.75, 3.05) is 32.1 Å². The average molecular weight is 361 g/mol. The van der Waals surface area contributed by atoms with E-state index in [1.165, 1.54) is 19.1 Å². The molecule has 1 aliphatic carbocycles. The van der Waals surface area contributed by atoms with Crippen LogP contribution < -0.4 is 10.6 Å². The van der Waals surface area contributed by atoms with Gasteiger partial charge in [-0.15, -0.1) is 24.0 Å². The quantitative estimate of drug-likeness (QED) is 0.418. The fourth-order valence-electron chi connectivity index (χ4n) is 1.14. The van der Waals surface area contributed by atoms with Crippen molar-refractivity contribution in [3.8, 4) is 0 Å². The standard InChI is InChI=1S/C9H19N3O2S.HI/c1-10-9(12-7-8-3-4-8)11-5-6-15(2,13)14;/h8H,3-7H2,1-2H3,(H2,10,11,12);1H. The van der Waals surface area contributed by atoms with Crippen LogP contribution in [-0.4, -0.2) is 46.5 Å². The van der Waals surface area contributed by atoms with Gasteiger partial charge in [0.1, 0.15) is 9.84 Å². The van der Waals surface area contributed by atoms with Crippen molar-refractivity contribution in [3.05, 3.63) is 0 Å². The van der Waals surface area contributed by atoms with Crippen LogP contribution in [0.3, 0.4) is 0 Å². The van der Waals surface area contributed by atoms with E-state index >= 15 is 0 Å². The van der Waals surface area contributed by atoms with Crippen LogP contribution in [0.2, 0.25) is 0 Å². The molecule has 0 aromatic rings. The molecule has 0 aromatic carbocycles. The Balaban J connectivity index is 0.00000225. The molecule has 0 atom stereocenters. The van der Waals surface area contributed by atoms with Crippen molar-refractivity contribution in [2.24, 2.45) is 10.9 Å². The van der Waals surface area contributed by atoms with Gasteiger partial charge in [0.15, 0.2) is 5.96 Å². The van der Waals surface area contributed by atoms with Gasteiger partial charge in [-0.3, -0.25) is 4.99 Å². The van der Waals surface area contributed by atoms with Gasteiger partial charge in [-0.05, 0) is 18.8 Å². The van der Waals surface area contributed by atoms with E-state index in [2.05, 4.69) is 15.6 Å². The highest BCUT2D eigenvalue weighted by Gasteiger charge is 2.20. The number of rotatable bonds is 5. The van der Waals surface area contributed by atoms with Crippen molar-refractivity contribution in [2.45, 2.75) is 12.8 Å². The summed E-state index contributed by atoms with van der Waals surface area (Å²) in [6, 6.07) is 0. The molecule has 0 saturated heterocycles. The second-order valence-electron chi connectivity index (χ2n) is 3.95. The Morgan fingerprint density at radius 2 is 2.00 bits per heavy atom. The summed E-state index contributed by atoms with van der Waals surface area (Å²) in [5.41, 5.74) is 0. The Hall–Kier alpha value is -0.0500. The van der Waals surface area contributed by atoms with Crippen LogP contribution in [0.15, 0.2) is 4.99 Å². The molecular formula is C9H20IN3O2S. The fourth-order valence-corrected chi connectivity index (χ4v) is 1.61. The molecule has 5 nitrogen and oxygen atoms in total. The maximum absolute atomic E-state index is 10.9. The Labute approximate surface area is 114 Å². The number of hydrogen-bond acceptors (Lipinski definition) is 3. The first-order valence-corrected chi connectivity index (χ1v) is 7.19. The maximum Gasteiger partial charge on any atom is 0.191 e. The zero-order chi connectivity index (χ0) is 11.3. The highest BCUT2D eigenvalue weighted by molar-refractivity contribution is 14.0. The number of halogens is 1. The lowest BCUT2D eigenvalue weighted by Crippen LogP contribution is -2.40. The Morgan fingerprint density at radius 1 is 1.38 bits per heavy atom. The van der Waals surface area contributed by atoms with Crippen molar-refractivity contribution < 1.29 is 8.42 Å². The first-order chi connectivity index (χ1) is 7.01. The molecule has 2 N–H and O–H groups in total. The van der Waals surface area contributed by atoms with Crippen molar-refractivity contribution in [1.29, 1.82) is 0 Å². The number of nitrogens with zero attached hydrogens (tertiary/aromatic N) is 1. The van der Waals surface area contributed by atoms with Crippen molar-refractivity contribution >= 4 is 39.8 Å². The minimum absolute atomic E-state index is 0. The van der Waals surface area contributed by atoms with Gasteiger partial charge in [0.2, 0.25) is 0 Å². The normalized spacial score (nSPS) is 16.5. The Bertz CT molecular complexity index is 326. The highest BCUT2D eigenvalue weighted by Crippen LogP contribution is 2.27. The predicted molar refractivity (Wildman–Crippen MR) is 77.2 cm³/mol. The number of sulfone groups is 1. The molecule has 0 unspecified atom stereocenters. The number of guanidine groups is 1. The van der Waals surface area contributed by atoms with Gasteiger partial charge in [-0.1, -0.05) is 0 Å². The smallest absolute Gasteiger partial charge is 0.191 e. The zero-order valence-corrected chi connectivity index (χ0v) is 12.8. The van der Waals surface area contributed by atoms with E-state index in [9.17, 15) is 8.42 Å². The fraction of sp³-hybridized carbons (Fsp3) is 0.889. The lowest BCUT2D eigenvalue weighted by Gasteiger charge is -2.10. The summed E-state index contributed by atoms with van der Waals surface area (Å²) in [7, 11) is -1.21.